The van der Waals surface area contributed by atoms with E-state index in [9.17, 15) is 4.79 Å². The fraction of sp³-hybridized carbons (Fsp3) is 0.567. The number of carbonyl (C=O) groups is 1. The summed E-state index contributed by atoms with van der Waals surface area (Å²) < 4.78 is 16.7. The lowest BCUT2D eigenvalue weighted by Crippen LogP contribution is -2.56. The van der Waals surface area contributed by atoms with E-state index in [1.54, 1.807) is 26.0 Å². The monoisotopic (exact) mass is 543 g/mol. The van der Waals surface area contributed by atoms with Gasteiger partial charge in [0.15, 0.2) is 0 Å². The Bertz CT molecular complexity index is 1110. The van der Waals surface area contributed by atoms with E-state index < -0.39 is 0 Å². The van der Waals surface area contributed by atoms with E-state index in [0.29, 0.717) is 43.4 Å². The SMILES string of the molecule is COCCN(CCOc1ccc([C@H]2CCCC3CN(c4ccc(Cl)c(OC)c4)CCN32)c(C)c1C)C(C)=O. The molecule has 1 unspecified atom stereocenters. The first-order valence-electron chi connectivity index (χ1n) is 13.7. The first-order valence-corrected chi connectivity index (χ1v) is 14.0. The molecule has 208 valence electrons. The zero-order valence-corrected chi connectivity index (χ0v) is 24.2. The summed E-state index contributed by atoms with van der Waals surface area (Å²) >= 11 is 6.26. The predicted molar refractivity (Wildman–Crippen MR) is 153 cm³/mol. The molecule has 2 aliphatic heterocycles. The quantitative estimate of drug-likeness (QED) is 0.408. The number of amides is 1. The maximum atomic E-state index is 11.9. The Labute approximate surface area is 232 Å². The van der Waals surface area contributed by atoms with Gasteiger partial charge in [0.1, 0.15) is 18.1 Å². The number of halogens is 1. The van der Waals surface area contributed by atoms with Gasteiger partial charge in [-0.15, -0.1) is 0 Å². The maximum Gasteiger partial charge on any atom is 0.219 e. The molecule has 0 bridgehead atoms. The van der Waals surface area contributed by atoms with Crippen LogP contribution in [0.4, 0.5) is 5.69 Å². The van der Waals surface area contributed by atoms with Crippen LogP contribution in [0.3, 0.4) is 0 Å². The van der Waals surface area contributed by atoms with Gasteiger partial charge >= 0.3 is 0 Å². The van der Waals surface area contributed by atoms with Crippen LogP contribution >= 0.6 is 11.6 Å². The molecule has 7 nitrogen and oxygen atoms in total. The minimum Gasteiger partial charge on any atom is -0.495 e. The number of anilines is 1. The summed E-state index contributed by atoms with van der Waals surface area (Å²) in [5.74, 6) is 1.66. The number of fused-ring (bicyclic) bond motifs is 1. The van der Waals surface area contributed by atoms with Gasteiger partial charge in [0.25, 0.3) is 0 Å². The van der Waals surface area contributed by atoms with Crippen molar-refractivity contribution < 1.29 is 19.0 Å². The van der Waals surface area contributed by atoms with Gasteiger partial charge in [-0.3, -0.25) is 9.69 Å². The summed E-state index contributed by atoms with van der Waals surface area (Å²) in [5, 5.41) is 0.646. The normalized spacial score (nSPS) is 19.7. The molecule has 0 aromatic heterocycles. The van der Waals surface area contributed by atoms with Crippen molar-refractivity contribution in [3.8, 4) is 11.5 Å². The van der Waals surface area contributed by atoms with E-state index in [2.05, 4.69) is 47.9 Å². The fourth-order valence-electron chi connectivity index (χ4n) is 5.89. The molecule has 2 aromatic rings. The predicted octanol–water partition coefficient (Wildman–Crippen LogP) is 5.25. The smallest absolute Gasteiger partial charge is 0.219 e. The van der Waals surface area contributed by atoms with E-state index in [1.165, 1.54) is 41.6 Å². The number of benzene rings is 2. The average molecular weight is 544 g/mol. The Kier molecular flexibility index (Phi) is 9.80. The summed E-state index contributed by atoms with van der Waals surface area (Å²) in [6, 6.07) is 11.4. The van der Waals surface area contributed by atoms with E-state index in [0.717, 1.165) is 31.1 Å². The highest BCUT2D eigenvalue weighted by molar-refractivity contribution is 6.32. The molecular formula is C30H42ClN3O4. The van der Waals surface area contributed by atoms with Crippen LogP contribution in [0.1, 0.15) is 48.9 Å². The number of nitrogens with zero attached hydrogens (tertiary/aromatic N) is 3. The van der Waals surface area contributed by atoms with Crippen LogP contribution < -0.4 is 14.4 Å². The standard InChI is InChI=1S/C30H42ClN3O4/c1-21-22(2)29(38-18-16-32(23(3)35)15-17-36-4)12-10-26(21)28-8-6-7-25-20-33(13-14-34(25)28)24-9-11-27(31)30(19-24)37-5/h9-12,19,25,28H,6-8,13-18,20H2,1-5H3/t25?,28-/m1/s1. The average Bonchev–Trinajstić information content (AvgIpc) is 2.92. The largest absolute Gasteiger partial charge is 0.495 e. The number of piperidine rings is 1. The topological polar surface area (TPSA) is 54.5 Å². The lowest BCUT2D eigenvalue weighted by Gasteiger charge is -2.49. The van der Waals surface area contributed by atoms with Gasteiger partial charge in [-0.2, -0.15) is 0 Å². The molecule has 38 heavy (non-hydrogen) atoms. The first-order chi connectivity index (χ1) is 18.3. The molecule has 2 atom stereocenters. The zero-order chi connectivity index (χ0) is 27.2. The molecule has 0 saturated carbocycles. The van der Waals surface area contributed by atoms with Gasteiger partial charge in [-0.1, -0.05) is 17.7 Å². The molecule has 2 heterocycles. The lowest BCUT2D eigenvalue weighted by molar-refractivity contribution is -0.129. The second-order valence-electron chi connectivity index (χ2n) is 10.4. The Morgan fingerprint density at radius 3 is 2.55 bits per heavy atom. The molecule has 0 aliphatic carbocycles. The van der Waals surface area contributed by atoms with Crippen molar-refractivity contribution in [3.63, 3.8) is 0 Å². The molecule has 8 heteroatoms. The van der Waals surface area contributed by atoms with Crippen molar-refractivity contribution in [2.75, 3.05) is 65.1 Å². The van der Waals surface area contributed by atoms with E-state index in [-0.39, 0.29) is 5.91 Å². The molecule has 0 spiro atoms. The number of ether oxygens (including phenoxy) is 3. The van der Waals surface area contributed by atoms with Gasteiger partial charge < -0.3 is 24.0 Å². The van der Waals surface area contributed by atoms with E-state index in [4.69, 9.17) is 25.8 Å². The molecule has 1 amide bonds. The summed E-state index contributed by atoms with van der Waals surface area (Å²) in [7, 11) is 3.31. The van der Waals surface area contributed by atoms with Crippen molar-refractivity contribution >= 4 is 23.2 Å². The highest BCUT2D eigenvalue weighted by Crippen LogP contribution is 2.40. The van der Waals surface area contributed by atoms with E-state index >= 15 is 0 Å². The number of hydrogen-bond donors (Lipinski definition) is 0. The second kappa shape index (κ2) is 13.0. The van der Waals surface area contributed by atoms with Crippen molar-refractivity contribution in [3.05, 3.63) is 52.0 Å². The number of methoxy groups -OCH3 is 2. The van der Waals surface area contributed by atoms with Crippen molar-refractivity contribution in [1.29, 1.82) is 0 Å². The summed E-state index contributed by atoms with van der Waals surface area (Å²) in [6.07, 6.45) is 3.62. The first kappa shape index (κ1) is 28.5. The lowest BCUT2D eigenvalue weighted by atomic mass is 9.86. The van der Waals surface area contributed by atoms with Crippen LogP contribution in [0.25, 0.3) is 0 Å². The minimum absolute atomic E-state index is 0.0380. The molecular weight excluding hydrogens is 502 g/mol. The third-order valence-electron chi connectivity index (χ3n) is 8.21. The van der Waals surface area contributed by atoms with Crippen molar-refractivity contribution in [1.82, 2.24) is 9.80 Å². The zero-order valence-electron chi connectivity index (χ0n) is 23.5. The number of rotatable bonds is 10. The number of hydrogen-bond acceptors (Lipinski definition) is 6. The highest BCUT2D eigenvalue weighted by atomic mass is 35.5. The molecule has 4 rings (SSSR count). The van der Waals surface area contributed by atoms with Gasteiger partial charge in [-0.05, 0) is 68.0 Å². The van der Waals surface area contributed by atoms with Crippen LogP contribution in [0.15, 0.2) is 30.3 Å². The van der Waals surface area contributed by atoms with Gasteiger partial charge in [0.2, 0.25) is 5.91 Å². The van der Waals surface area contributed by atoms with E-state index in [1.807, 2.05) is 6.07 Å². The van der Waals surface area contributed by atoms with Crippen LogP contribution in [-0.4, -0.2) is 81.9 Å². The van der Waals surface area contributed by atoms with Crippen LogP contribution in [0.5, 0.6) is 11.5 Å². The number of piperazine rings is 1. The molecule has 0 radical (unpaired) electrons. The Hall–Kier alpha value is -2.48. The highest BCUT2D eigenvalue weighted by Gasteiger charge is 2.36. The Morgan fingerprint density at radius 2 is 1.82 bits per heavy atom. The molecule has 2 saturated heterocycles. The number of carbonyl (C=O) groups excluding carboxylic acids is 1. The molecule has 2 fully saturated rings. The van der Waals surface area contributed by atoms with Crippen LogP contribution in [0.2, 0.25) is 5.02 Å². The summed E-state index contributed by atoms with van der Waals surface area (Å²) in [6.45, 7) is 11.1. The molecule has 2 aliphatic rings. The van der Waals surface area contributed by atoms with Crippen molar-refractivity contribution in [2.24, 2.45) is 0 Å². The third kappa shape index (κ3) is 6.38. The second-order valence-corrected chi connectivity index (χ2v) is 10.8. The maximum absolute atomic E-state index is 11.9. The Morgan fingerprint density at radius 1 is 1.03 bits per heavy atom. The summed E-state index contributed by atoms with van der Waals surface area (Å²) in [4.78, 5) is 18.8. The minimum atomic E-state index is 0.0380. The fourth-order valence-corrected chi connectivity index (χ4v) is 6.09. The van der Waals surface area contributed by atoms with Crippen molar-refractivity contribution in [2.45, 2.75) is 52.1 Å². The summed E-state index contributed by atoms with van der Waals surface area (Å²) in [5.41, 5.74) is 5.07. The third-order valence-corrected chi connectivity index (χ3v) is 8.52. The van der Waals surface area contributed by atoms with Gasteiger partial charge in [-0.25, -0.2) is 0 Å². The Balaban J connectivity index is 1.42. The molecule has 0 N–H and O–H groups in total. The van der Waals surface area contributed by atoms with Gasteiger partial charge in [0, 0.05) is 64.0 Å². The van der Waals surface area contributed by atoms with Gasteiger partial charge in [0.05, 0.1) is 25.3 Å². The molecule has 2 aromatic carbocycles. The van der Waals surface area contributed by atoms with Crippen LogP contribution in [0, 0.1) is 13.8 Å². The van der Waals surface area contributed by atoms with Crippen LogP contribution in [-0.2, 0) is 9.53 Å².